The van der Waals surface area contributed by atoms with Gasteiger partial charge in [0.05, 0.1) is 6.04 Å². The van der Waals surface area contributed by atoms with Crippen LogP contribution in [0.15, 0.2) is 5.38 Å². The van der Waals surface area contributed by atoms with E-state index in [1.165, 1.54) is 43.4 Å². The topological polar surface area (TPSA) is 68.0 Å². The molecule has 0 radical (unpaired) electrons. The largest absolute Gasteiger partial charge is 0.350 e. The average molecular weight is 295 g/mol. The van der Waals surface area contributed by atoms with Crippen LogP contribution >= 0.6 is 11.3 Å². The van der Waals surface area contributed by atoms with Crippen LogP contribution in [-0.2, 0) is 0 Å². The number of hydrogen-bond donors (Lipinski definition) is 2. The number of nitrogens with two attached hydrogens (primary N) is 1. The first-order valence-corrected chi connectivity index (χ1v) is 8.58. The van der Waals surface area contributed by atoms with Gasteiger partial charge in [0, 0.05) is 11.9 Å². The molecule has 2 rings (SSSR count). The van der Waals surface area contributed by atoms with Crippen LogP contribution in [0.2, 0.25) is 0 Å². The molecule has 1 aliphatic carbocycles. The molecule has 0 saturated heterocycles. The summed E-state index contributed by atoms with van der Waals surface area (Å²) in [7, 11) is 0. The van der Waals surface area contributed by atoms with E-state index in [9.17, 15) is 4.79 Å². The zero-order valence-electron chi connectivity index (χ0n) is 12.2. The van der Waals surface area contributed by atoms with Gasteiger partial charge >= 0.3 is 0 Å². The third-order valence-corrected chi connectivity index (χ3v) is 4.92. The summed E-state index contributed by atoms with van der Waals surface area (Å²) >= 11 is 1.49. The highest BCUT2D eigenvalue weighted by Gasteiger charge is 2.17. The van der Waals surface area contributed by atoms with E-state index in [1.54, 1.807) is 0 Å². The van der Waals surface area contributed by atoms with Gasteiger partial charge in [-0.1, -0.05) is 32.6 Å². The van der Waals surface area contributed by atoms with Gasteiger partial charge in [-0.15, -0.1) is 11.3 Å². The Morgan fingerprint density at radius 2 is 2.25 bits per heavy atom. The summed E-state index contributed by atoms with van der Waals surface area (Å²) in [6.45, 7) is 2.89. The van der Waals surface area contributed by atoms with E-state index in [-0.39, 0.29) is 11.9 Å². The first-order chi connectivity index (χ1) is 9.70. The molecule has 0 spiro atoms. The minimum atomic E-state index is -0.0539. The summed E-state index contributed by atoms with van der Waals surface area (Å²) in [5, 5.41) is 5.71. The van der Waals surface area contributed by atoms with Crippen LogP contribution in [0.25, 0.3) is 0 Å². The number of aromatic nitrogens is 1. The molecular weight excluding hydrogens is 270 g/mol. The van der Waals surface area contributed by atoms with Gasteiger partial charge in [0.25, 0.3) is 5.91 Å². The van der Waals surface area contributed by atoms with Crippen LogP contribution in [0.1, 0.15) is 73.4 Å². The van der Waals surface area contributed by atoms with Crippen molar-refractivity contribution >= 4 is 17.2 Å². The predicted octanol–water partition coefficient (Wildman–Crippen LogP) is 3.25. The summed E-state index contributed by atoms with van der Waals surface area (Å²) < 4.78 is 0. The van der Waals surface area contributed by atoms with Crippen LogP contribution < -0.4 is 11.1 Å². The Bertz CT molecular complexity index is 427. The number of thiazole rings is 1. The quantitative estimate of drug-likeness (QED) is 0.846. The Balaban J connectivity index is 1.82. The van der Waals surface area contributed by atoms with Crippen molar-refractivity contribution in [2.45, 2.75) is 57.9 Å². The van der Waals surface area contributed by atoms with E-state index in [0.29, 0.717) is 11.6 Å². The van der Waals surface area contributed by atoms with E-state index in [1.807, 2.05) is 5.38 Å². The highest BCUT2D eigenvalue weighted by molar-refractivity contribution is 7.09. The first kappa shape index (κ1) is 15.4. The molecule has 1 aliphatic rings. The lowest BCUT2D eigenvalue weighted by atomic mass is 9.89. The van der Waals surface area contributed by atoms with Crippen LogP contribution in [-0.4, -0.2) is 17.4 Å². The fourth-order valence-corrected chi connectivity index (χ4v) is 3.55. The Labute approximate surface area is 125 Å². The molecule has 5 heteroatoms. The standard InChI is InChI=1S/C15H25N3OS/c1-2-6-12(16)15-18-13(10-20-15)14(19)17-9-11-7-4-3-5-8-11/h10-12H,2-9,16H2,1H3,(H,17,19). The van der Waals surface area contributed by atoms with E-state index >= 15 is 0 Å². The van der Waals surface area contributed by atoms with Gasteiger partial charge in [0.2, 0.25) is 0 Å². The fourth-order valence-electron chi connectivity index (χ4n) is 2.72. The van der Waals surface area contributed by atoms with Crippen molar-refractivity contribution in [3.63, 3.8) is 0 Å². The summed E-state index contributed by atoms with van der Waals surface area (Å²) in [5.74, 6) is 0.593. The minimum Gasteiger partial charge on any atom is -0.350 e. The van der Waals surface area contributed by atoms with E-state index in [0.717, 1.165) is 24.4 Å². The van der Waals surface area contributed by atoms with Crippen molar-refractivity contribution in [1.82, 2.24) is 10.3 Å². The molecule has 1 aromatic heterocycles. The molecule has 112 valence electrons. The van der Waals surface area contributed by atoms with Gasteiger partial charge in [-0.3, -0.25) is 4.79 Å². The molecule has 1 aromatic rings. The third-order valence-electron chi connectivity index (χ3n) is 3.95. The van der Waals surface area contributed by atoms with Crippen molar-refractivity contribution in [3.05, 3.63) is 16.1 Å². The van der Waals surface area contributed by atoms with E-state index < -0.39 is 0 Å². The van der Waals surface area contributed by atoms with Crippen molar-refractivity contribution < 1.29 is 4.79 Å². The van der Waals surface area contributed by atoms with Crippen molar-refractivity contribution in [1.29, 1.82) is 0 Å². The third kappa shape index (κ3) is 4.28. The molecule has 1 fully saturated rings. The zero-order chi connectivity index (χ0) is 14.4. The monoisotopic (exact) mass is 295 g/mol. The second-order valence-electron chi connectivity index (χ2n) is 5.68. The van der Waals surface area contributed by atoms with Crippen molar-refractivity contribution in [3.8, 4) is 0 Å². The second-order valence-corrected chi connectivity index (χ2v) is 6.57. The molecule has 1 atom stereocenters. The lowest BCUT2D eigenvalue weighted by molar-refractivity contribution is 0.0939. The molecule has 1 heterocycles. The van der Waals surface area contributed by atoms with Crippen molar-refractivity contribution in [2.24, 2.45) is 11.7 Å². The number of nitrogens with zero attached hydrogens (tertiary/aromatic N) is 1. The molecule has 0 aromatic carbocycles. The summed E-state index contributed by atoms with van der Waals surface area (Å²) in [4.78, 5) is 16.4. The fraction of sp³-hybridized carbons (Fsp3) is 0.733. The van der Waals surface area contributed by atoms with Gasteiger partial charge < -0.3 is 11.1 Å². The van der Waals surface area contributed by atoms with Gasteiger partial charge in [-0.05, 0) is 25.2 Å². The molecule has 4 nitrogen and oxygen atoms in total. The van der Waals surface area contributed by atoms with Crippen LogP contribution in [0.5, 0.6) is 0 Å². The number of carbonyl (C=O) groups excluding carboxylic acids is 1. The lowest BCUT2D eigenvalue weighted by Crippen LogP contribution is -2.30. The minimum absolute atomic E-state index is 0.0371. The molecule has 3 N–H and O–H groups in total. The zero-order valence-corrected chi connectivity index (χ0v) is 13.0. The summed E-state index contributed by atoms with van der Waals surface area (Å²) in [6, 6.07) is -0.0371. The number of nitrogens with one attached hydrogen (secondary N) is 1. The molecule has 1 saturated carbocycles. The smallest absolute Gasteiger partial charge is 0.270 e. The van der Waals surface area contributed by atoms with Gasteiger partial charge in [-0.2, -0.15) is 0 Å². The molecule has 1 amide bonds. The number of rotatable bonds is 6. The lowest BCUT2D eigenvalue weighted by Gasteiger charge is -2.21. The highest BCUT2D eigenvalue weighted by Crippen LogP contribution is 2.23. The summed E-state index contributed by atoms with van der Waals surface area (Å²) in [5.41, 5.74) is 6.55. The van der Waals surface area contributed by atoms with Crippen molar-refractivity contribution in [2.75, 3.05) is 6.54 Å². The van der Waals surface area contributed by atoms with Crippen LogP contribution in [0, 0.1) is 5.92 Å². The normalized spacial score (nSPS) is 17.9. The second kappa shape index (κ2) is 7.74. The SMILES string of the molecule is CCCC(N)c1nc(C(=O)NCC2CCCCC2)cs1. The first-order valence-electron chi connectivity index (χ1n) is 7.70. The maximum Gasteiger partial charge on any atom is 0.270 e. The molecule has 0 aliphatic heterocycles. The Hall–Kier alpha value is -0.940. The predicted molar refractivity (Wildman–Crippen MR) is 82.9 cm³/mol. The molecule has 0 bridgehead atoms. The van der Waals surface area contributed by atoms with E-state index in [4.69, 9.17) is 5.73 Å². The molecular formula is C15H25N3OS. The Kier molecular flexibility index (Phi) is 5.98. The maximum atomic E-state index is 12.1. The number of carbonyl (C=O) groups is 1. The molecule has 20 heavy (non-hydrogen) atoms. The Morgan fingerprint density at radius 1 is 1.50 bits per heavy atom. The van der Waals surface area contributed by atoms with Gasteiger partial charge in [0.1, 0.15) is 10.7 Å². The van der Waals surface area contributed by atoms with Gasteiger partial charge in [0.15, 0.2) is 0 Å². The highest BCUT2D eigenvalue weighted by atomic mass is 32.1. The van der Waals surface area contributed by atoms with Gasteiger partial charge in [-0.25, -0.2) is 4.98 Å². The molecule has 1 unspecified atom stereocenters. The average Bonchev–Trinajstić information content (AvgIpc) is 2.96. The summed E-state index contributed by atoms with van der Waals surface area (Å²) in [6.07, 6.45) is 8.37. The number of amides is 1. The van der Waals surface area contributed by atoms with Crippen LogP contribution in [0.4, 0.5) is 0 Å². The maximum absolute atomic E-state index is 12.1. The van der Waals surface area contributed by atoms with E-state index in [2.05, 4.69) is 17.2 Å². The Morgan fingerprint density at radius 3 is 2.95 bits per heavy atom. The van der Waals surface area contributed by atoms with Crippen LogP contribution in [0.3, 0.4) is 0 Å². The number of hydrogen-bond acceptors (Lipinski definition) is 4.